The van der Waals surface area contributed by atoms with Crippen molar-refractivity contribution >= 4 is 17.5 Å². The van der Waals surface area contributed by atoms with Crippen molar-refractivity contribution in [1.82, 2.24) is 10.0 Å². The Labute approximate surface area is 158 Å². The number of rotatable bonds is 7. The van der Waals surface area contributed by atoms with E-state index in [1.165, 1.54) is 12.2 Å². The molecule has 0 radical (unpaired) electrons. The van der Waals surface area contributed by atoms with E-state index in [1.807, 2.05) is 18.2 Å². The van der Waals surface area contributed by atoms with E-state index in [9.17, 15) is 9.59 Å². The average molecular weight is 368 g/mol. The zero-order valence-corrected chi connectivity index (χ0v) is 15.4. The molecule has 1 aromatic carbocycles. The largest absolute Gasteiger partial charge is 0.380 e. The van der Waals surface area contributed by atoms with Gasteiger partial charge in [-0.05, 0) is 42.7 Å². The number of carbonyl (C=O) groups excluding carboxylic acids is 2. The quantitative estimate of drug-likeness (QED) is 0.733. The number of primary amides is 1. The predicted octanol–water partition coefficient (Wildman–Crippen LogP) is 2.74. The zero-order valence-electron chi connectivity index (χ0n) is 15.4. The van der Waals surface area contributed by atoms with E-state index in [0.29, 0.717) is 17.8 Å². The Bertz CT molecular complexity index is 818. The molecule has 0 spiro atoms. The number of amides is 2. The van der Waals surface area contributed by atoms with Gasteiger partial charge in [-0.2, -0.15) is 0 Å². The van der Waals surface area contributed by atoms with E-state index in [2.05, 4.69) is 10.3 Å². The molecule has 1 aromatic heterocycles. The lowest BCUT2D eigenvalue weighted by Crippen LogP contribution is -2.38. The smallest absolute Gasteiger partial charge is 0.279 e. The summed E-state index contributed by atoms with van der Waals surface area (Å²) in [5, 5.41) is 4.75. The van der Waals surface area contributed by atoms with Crippen molar-refractivity contribution in [2.45, 2.75) is 38.3 Å². The Hall–Kier alpha value is -2.93. The molecule has 0 unspecified atom stereocenters. The minimum Gasteiger partial charge on any atom is -0.380 e. The van der Waals surface area contributed by atoms with Gasteiger partial charge in [-0.25, -0.2) is 5.06 Å². The highest BCUT2D eigenvalue weighted by Gasteiger charge is 2.29. The third kappa shape index (κ3) is 4.43. The SMILES string of the molecule is CON(C(=O)c1ccccc1NCc1ccnc(C(N)=O)c1)C1CCCC1. The molecular weight excluding hydrogens is 344 g/mol. The number of nitrogens with one attached hydrogen (secondary N) is 1. The van der Waals surface area contributed by atoms with Crippen LogP contribution in [0.1, 0.15) is 52.1 Å². The third-order valence-electron chi connectivity index (χ3n) is 4.77. The molecule has 1 saturated carbocycles. The molecule has 0 saturated heterocycles. The summed E-state index contributed by atoms with van der Waals surface area (Å²) in [6.07, 6.45) is 5.69. The Morgan fingerprint density at radius 3 is 2.70 bits per heavy atom. The number of hydrogen-bond donors (Lipinski definition) is 2. The summed E-state index contributed by atoms with van der Waals surface area (Å²) in [6, 6.07) is 10.9. The highest BCUT2D eigenvalue weighted by atomic mass is 16.7. The monoisotopic (exact) mass is 368 g/mol. The lowest BCUT2D eigenvalue weighted by Gasteiger charge is -2.27. The Kier molecular flexibility index (Phi) is 6.03. The van der Waals surface area contributed by atoms with Gasteiger partial charge < -0.3 is 11.1 Å². The van der Waals surface area contributed by atoms with E-state index >= 15 is 0 Å². The van der Waals surface area contributed by atoms with Gasteiger partial charge in [-0.15, -0.1) is 0 Å². The third-order valence-corrected chi connectivity index (χ3v) is 4.77. The van der Waals surface area contributed by atoms with Crippen LogP contribution in [0.5, 0.6) is 0 Å². The molecule has 3 rings (SSSR count). The lowest BCUT2D eigenvalue weighted by molar-refractivity contribution is -0.121. The van der Waals surface area contributed by atoms with Gasteiger partial charge in [0.2, 0.25) is 0 Å². The maximum Gasteiger partial charge on any atom is 0.279 e. The van der Waals surface area contributed by atoms with Gasteiger partial charge in [-0.3, -0.25) is 19.4 Å². The van der Waals surface area contributed by atoms with Crippen LogP contribution < -0.4 is 11.1 Å². The molecule has 1 aliphatic carbocycles. The van der Waals surface area contributed by atoms with Gasteiger partial charge in [-0.1, -0.05) is 25.0 Å². The van der Waals surface area contributed by atoms with E-state index in [-0.39, 0.29) is 17.6 Å². The Morgan fingerprint density at radius 1 is 1.26 bits per heavy atom. The number of hydrogen-bond acceptors (Lipinski definition) is 5. The molecule has 27 heavy (non-hydrogen) atoms. The van der Waals surface area contributed by atoms with Crippen molar-refractivity contribution < 1.29 is 14.4 Å². The van der Waals surface area contributed by atoms with Crippen molar-refractivity contribution in [1.29, 1.82) is 0 Å². The molecule has 0 aliphatic heterocycles. The number of carbonyl (C=O) groups is 2. The second kappa shape index (κ2) is 8.64. The second-order valence-electron chi connectivity index (χ2n) is 6.56. The highest BCUT2D eigenvalue weighted by molar-refractivity contribution is 5.99. The van der Waals surface area contributed by atoms with Gasteiger partial charge >= 0.3 is 0 Å². The lowest BCUT2D eigenvalue weighted by atomic mass is 10.1. The number of para-hydroxylation sites is 1. The minimum absolute atomic E-state index is 0.119. The predicted molar refractivity (Wildman–Crippen MR) is 102 cm³/mol. The standard InChI is InChI=1S/C20H24N4O3/c1-27-24(15-6-2-3-7-15)20(26)16-8-4-5-9-17(16)23-13-14-10-11-22-18(12-14)19(21)25/h4-5,8-12,15,23H,2-3,6-7,13H2,1H3,(H2,21,25). The fourth-order valence-electron chi connectivity index (χ4n) is 3.40. The first-order chi connectivity index (χ1) is 13.1. The van der Waals surface area contributed by atoms with Gasteiger partial charge in [0.1, 0.15) is 5.69 Å². The molecule has 3 N–H and O–H groups in total. The summed E-state index contributed by atoms with van der Waals surface area (Å²) >= 11 is 0. The molecule has 142 valence electrons. The normalized spacial score (nSPS) is 14.1. The highest BCUT2D eigenvalue weighted by Crippen LogP contribution is 2.27. The Balaban J connectivity index is 1.76. The molecule has 1 fully saturated rings. The van der Waals surface area contributed by atoms with Gasteiger partial charge in [0.15, 0.2) is 0 Å². The molecule has 1 aliphatic rings. The summed E-state index contributed by atoms with van der Waals surface area (Å²) in [5.41, 5.74) is 7.60. The molecule has 7 nitrogen and oxygen atoms in total. The van der Waals surface area contributed by atoms with Crippen LogP contribution in [0.25, 0.3) is 0 Å². The molecule has 2 aromatic rings. The zero-order chi connectivity index (χ0) is 19.2. The van der Waals surface area contributed by atoms with Crippen LogP contribution in [0.4, 0.5) is 5.69 Å². The maximum absolute atomic E-state index is 13.0. The van der Waals surface area contributed by atoms with Gasteiger partial charge in [0.05, 0.1) is 18.7 Å². The fraction of sp³-hybridized carbons (Fsp3) is 0.350. The number of nitrogens with two attached hydrogens (primary N) is 1. The second-order valence-corrected chi connectivity index (χ2v) is 6.56. The van der Waals surface area contributed by atoms with Crippen LogP contribution in [0.15, 0.2) is 42.6 Å². The first kappa shape index (κ1) is 18.8. The van der Waals surface area contributed by atoms with Crippen molar-refractivity contribution in [3.63, 3.8) is 0 Å². The average Bonchev–Trinajstić information content (AvgIpc) is 3.21. The summed E-state index contributed by atoms with van der Waals surface area (Å²) in [7, 11) is 1.54. The number of anilines is 1. The van der Waals surface area contributed by atoms with E-state index < -0.39 is 5.91 Å². The van der Waals surface area contributed by atoms with Crippen LogP contribution in [-0.2, 0) is 11.4 Å². The molecule has 0 atom stereocenters. The summed E-state index contributed by atoms with van der Waals surface area (Å²) in [5.74, 6) is -0.722. The van der Waals surface area contributed by atoms with Crippen LogP contribution >= 0.6 is 0 Å². The number of aromatic nitrogens is 1. The van der Waals surface area contributed by atoms with E-state index in [1.54, 1.807) is 24.4 Å². The number of hydroxylamine groups is 2. The first-order valence-electron chi connectivity index (χ1n) is 9.05. The summed E-state index contributed by atoms with van der Waals surface area (Å²) < 4.78 is 0. The first-order valence-corrected chi connectivity index (χ1v) is 9.05. The van der Waals surface area contributed by atoms with Crippen LogP contribution in [-0.4, -0.2) is 35.0 Å². The molecule has 1 heterocycles. The Morgan fingerprint density at radius 2 is 2.00 bits per heavy atom. The number of benzene rings is 1. The van der Waals surface area contributed by atoms with Gasteiger partial charge in [0.25, 0.3) is 11.8 Å². The van der Waals surface area contributed by atoms with E-state index in [0.717, 1.165) is 31.2 Å². The number of pyridine rings is 1. The van der Waals surface area contributed by atoms with Crippen LogP contribution in [0, 0.1) is 0 Å². The van der Waals surface area contributed by atoms with Crippen LogP contribution in [0.3, 0.4) is 0 Å². The van der Waals surface area contributed by atoms with Crippen molar-refractivity contribution in [3.8, 4) is 0 Å². The summed E-state index contributed by atoms with van der Waals surface area (Å²) in [6.45, 7) is 0.434. The molecule has 2 amide bonds. The fourth-order valence-corrected chi connectivity index (χ4v) is 3.40. The van der Waals surface area contributed by atoms with E-state index in [4.69, 9.17) is 10.6 Å². The molecule has 7 heteroatoms. The molecular formula is C20H24N4O3. The van der Waals surface area contributed by atoms with Gasteiger partial charge in [0, 0.05) is 18.4 Å². The molecule has 0 bridgehead atoms. The van der Waals surface area contributed by atoms with Crippen molar-refractivity contribution in [3.05, 3.63) is 59.4 Å². The maximum atomic E-state index is 13.0. The summed E-state index contributed by atoms with van der Waals surface area (Å²) in [4.78, 5) is 33.7. The van der Waals surface area contributed by atoms with Crippen molar-refractivity contribution in [2.75, 3.05) is 12.4 Å². The topological polar surface area (TPSA) is 97.6 Å². The number of nitrogens with zero attached hydrogens (tertiary/aromatic N) is 2. The van der Waals surface area contributed by atoms with Crippen LogP contribution in [0.2, 0.25) is 0 Å². The van der Waals surface area contributed by atoms with Crippen molar-refractivity contribution in [2.24, 2.45) is 5.73 Å². The minimum atomic E-state index is -0.570.